The predicted octanol–water partition coefficient (Wildman–Crippen LogP) is 3.32. The van der Waals surface area contributed by atoms with Gasteiger partial charge in [0.15, 0.2) is 11.6 Å². The predicted molar refractivity (Wildman–Crippen MR) is 96.2 cm³/mol. The maximum Gasteiger partial charge on any atom is 0.241 e. The van der Waals surface area contributed by atoms with E-state index < -0.39 is 11.6 Å². The summed E-state index contributed by atoms with van der Waals surface area (Å²) < 4.78 is 32.2. The summed E-state index contributed by atoms with van der Waals surface area (Å²) in [4.78, 5) is 14.1. The van der Waals surface area contributed by atoms with Crippen molar-refractivity contribution in [2.45, 2.75) is 18.9 Å². The molecule has 1 N–H and O–H groups in total. The van der Waals surface area contributed by atoms with Crippen LogP contribution in [0.2, 0.25) is 0 Å². The van der Waals surface area contributed by atoms with E-state index >= 15 is 0 Å². The van der Waals surface area contributed by atoms with Crippen LogP contribution in [0.5, 0.6) is 5.75 Å². The normalized spacial score (nSPS) is 14.5. The Bertz CT molecular complexity index is 841. The second kappa shape index (κ2) is 8.49. The number of nitriles is 1. The molecule has 0 spiro atoms. The smallest absolute Gasteiger partial charge is 0.241 e. The van der Waals surface area contributed by atoms with E-state index in [9.17, 15) is 13.6 Å². The molecule has 1 aliphatic rings. The summed E-state index contributed by atoms with van der Waals surface area (Å²) in [5.74, 6) is -1.37. The Morgan fingerprint density at radius 3 is 2.52 bits per heavy atom. The molecule has 2 aromatic rings. The molecule has 0 bridgehead atoms. The summed E-state index contributed by atoms with van der Waals surface area (Å²) in [6.45, 7) is 1.19. The van der Waals surface area contributed by atoms with E-state index in [-0.39, 0.29) is 24.3 Å². The van der Waals surface area contributed by atoms with Gasteiger partial charge >= 0.3 is 0 Å². The Morgan fingerprint density at radius 2 is 1.89 bits per heavy atom. The Balaban J connectivity index is 1.45. The molecule has 1 amide bonds. The van der Waals surface area contributed by atoms with Crippen LogP contribution in [-0.2, 0) is 4.79 Å². The van der Waals surface area contributed by atoms with Crippen molar-refractivity contribution in [1.29, 1.82) is 5.26 Å². The first-order valence-corrected chi connectivity index (χ1v) is 8.68. The minimum Gasteiger partial charge on any atom is -0.487 e. The number of amides is 1. The Kier molecular flexibility index (Phi) is 5.87. The minimum absolute atomic E-state index is 0.0312. The molecular formula is C20H19F2N3O2. The number of carbonyl (C=O) groups excluding carboxylic acids is 1. The summed E-state index contributed by atoms with van der Waals surface area (Å²) in [7, 11) is 0. The molecule has 1 aliphatic heterocycles. The molecule has 140 valence electrons. The van der Waals surface area contributed by atoms with E-state index in [4.69, 9.17) is 10.00 Å². The standard InChI is InChI=1S/C20H19F2N3O2/c21-15-3-6-19(18(22)11-15)27-17-7-9-25(10-8-17)20(26)13-24-16-4-1-14(12-23)2-5-16/h1-6,11,17,24H,7-10,13H2. The number of carbonyl (C=O) groups is 1. The average Bonchev–Trinajstić information content (AvgIpc) is 2.69. The van der Waals surface area contributed by atoms with E-state index in [2.05, 4.69) is 5.32 Å². The maximum atomic E-state index is 13.7. The van der Waals surface area contributed by atoms with Crippen molar-refractivity contribution in [3.05, 3.63) is 59.7 Å². The third kappa shape index (κ3) is 4.94. The van der Waals surface area contributed by atoms with E-state index in [1.165, 1.54) is 6.07 Å². The summed E-state index contributed by atoms with van der Waals surface area (Å²) >= 11 is 0. The first-order valence-electron chi connectivity index (χ1n) is 8.68. The van der Waals surface area contributed by atoms with Gasteiger partial charge in [-0.25, -0.2) is 8.78 Å². The molecule has 0 aromatic heterocycles. The molecule has 1 saturated heterocycles. The number of nitrogens with zero attached hydrogens (tertiary/aromatic N) is 2. The summed E-state index contributed by atoms with van der Waals surface area (Å²) in [6.07, 6.45) is 0.958. The molecule has 0 radical (unpaired) electrons. The maximum absolute atomic E-state index is 13.7. The Morgan fingerprint density at radius 1 is 1.19 bits per heavy atom. The number of benzene rings is 2. The van der Waals surface area contributed by atoms with Gasteiger partial charge in [-0.05, 0) is 36.4 Å². The van der Waals surface area contributed by atoms with E-state index in [1.807, 2.05) is 6.07 Å². The lowest BCUT2D eigenvalue weighted by Gasteiger charge is -2.32. The largest absolute Gasteiger partial charge is 0.487 e. The first kappa shape index (κ1) is 18.6. The molecule has 1 heterocycles. The number of nitrogens with one attached hydrogen (secondary N) is 1. The quantitative estimate of drug-likeness (QED) is 0.876. The highest BCUT2D eigenvalue weighted by atomic mass is 19.1. The lowest BCUT2D eigenvalue weighted by Crippen LogP contribution is -2.44. The number of anilines is 1. The van der Waals surface area contributed by atoms with Crippen LogP contribution in [0.3, 0.4) is 0 Å². The van der Waals surface area contributed by atoms with Gasteiger partial charge in [-0.3, -0.25) is 4.79 Å². The van der Waals surface area contributed by atoms with Crippen molar-refractivity contribution in [2.24, 2.45) is 0 Å². The molecule has 0 aliphatic carbocycles. The summed E-state index contributed by atoms with van der Waals surface area (Å²) in [6, 6.07) is 12.2. The van der Waals surface area contributed by atoms with Crippen LogP contribution in [0.4, 0.5) is 14.5 Å². The van der Waals surface area contributed by atoms with Crippen LogP contribution in [0.15, 0.2) is 42.5 Å². The van der Waals surface area contributed by atoms with E-state index in [1.54, 1.807) is 29.2 Å². The first-order chi connectivity index (χ1) is 13.0. The zero-order valence-corrected chi connectivity index (χ0v) is 14.6. The number of likely N-dealkylation sites (tertiary alicyclic amines) is 1. The number of hydrogen-bond donors (Lipinski definition) is 1. The molecule has 1 fully saturated rings. The second-order valence-electron chi connectivity index (χ2n) is 6.32. The fourth-order valence-electron chi connectivity index (χ4n) is 2.93. The third-order valence-electron chi connectivity index (χ3n) is 4.44. The van der Waals surface area contributed by atoms with Crippen LogP contribution < -0.4 is 10.1 Å². The molecule has 0 atom stereocenters. The molecule has 0 saturated carbocycles. The average molecular weight is 371 g/mol. The van der Waals surface area contributed by atoms with Gasteiger partial charge in [0.25, 0.3) is 0 Å². The minimum atomic E-state index is -0.722. The number of rotatable bonds is 5. The summed E-state index contributed by atoms with van der Waals surface area (Å²) in [5.41, 5.74) is 1.33. The van der Waals surface area contributed by atoms with Crippen LogP contribution in [0, 0.1) is 23.0 Å². The molecule has 0 unspecified atom stereocenters. The second-order valence-corrected chi connectivity index (χ2v) is 6.32. The number of ether oxygens (including phenoxy) is 1. The van der Waals surface area contributed by atoms with Crippen molar-refractivity contribution in [2.75, 3.05) is 25.0 Å². The van der Waals surface area contributed by atoms with Gasteiger partial charge in [0.05, 0.1) is 18.2 Å². The van der Waals surface area contributed by atoms with E-state index in [0.717, 1.165) is 17.8 Å². The molecule has 3 rings (SSSR count). The van der Waals surface area contributed by atoms with Gasteiger partial charge in [-0.15, -0.1) is 0 Å². The molecule has 2 aromatic carbocycles. The number of hydrogen-bond acceptors (Lipinski definition) is 4. The monoisotopic (exact) mass is 371 g/mol. The van der Waals surface area contributed by atoms with Crippen LogP contribution in [0.25, 0.3) is 0 Å². The highest BCUT2D eigenvalue weighted by molar-refractivity contribution is 5.81. The van der Waals surface area contributed by atoms with Crippen LogP contribution >= 0.6 is 0 Å². The third-order valence-corrected chi connectivity index (χ3v) is 4.44. The molecule has 5 nitrogen and oxygen atoms in total. The van der Waals surface area contributed by atoms with Gasteiger partial charge in [-0.1, -0.05) is 0 Å². The van der Waals surface area contributed by atoms with Gasteiger partial charge < -0.3 is 15.0 Å². The molecule has 7 heteroatoms. The van der Waals surface area contributed by atoms with Crippen molar-refractivity contribution in [3.8, 4) is 11.8 Å². The fraction of sp³-hybridized carbons (Fsp3) is 0.300. The zero-order chi connectivity index (χ0) is 19.2. The van der Waals surface area contributed by atoms with Crippen LogP contribution in [0.1, 0.15) is 18.4 Å². The fourth-order valence-corrected chi connectivity index (χ4v) is 2.93. The highest BCUT2D eigenvalue weighted by Crippen LogP contribution is 2.23. The summed E-state index contributed by atoms with van der Waals surface area (Å²) in [5, 5.41) is 11.8. The van der Waals surface area contributed by atoms with Crippen molar-refractivity contribution in [1.82, 2.24) is 4.90 Å². The lowest BCUT2D eigenvalue weighted by molar-refractivity contribution is -0.131. The van der Waals surface area contributed by atoms with Gasteiger partial charge in [-0.2, -0.15) is 5.26 Å². The SMILES string of the molecule is N#Cc1ccc(NCC(=O)N2CCC(Oc3ccc(F)cc3F)CC2)cc1. The van der Waals surface area contributed by atoms with Crippen molar-refractivity contribution in [3.63, 3.8) is 0 Å². The molecular weight excluding hydrogens is 352 g/mol. The molecule has 27 heavy (non-hydrogen) atoms. The van der Waals surface area contributed by atoms with Crippen molar-refractivity contribution < 1.29 is 18.3 Å². The van der Waals surface area contributed by atoms with Gasteiger partial charge in [0.2, 0.25) is 5.91 Å². The Labute approximate surface area is 156 Å². The van der Waals surface area contributed by atoms with Gasteiger partial charge in [0, 0.05) is 37.7 Å². The number of piperidine rings is 1. The number of halogens is 2. The van der Waals surface area contributed by atoms with E-state index in [0.29, 0.717) is 31.5 Å². The van der Waals surface area contributed by atoms with Crippen molar-refractivity contribution >= 4 is 11.6 Å². The topological polar surface area (TPSA) is 65.4 Å². The van der Waals surface area contributed by atoms with Gasteiger partial charge in [0.1, 0.15) is 11.9 Å². The lowest BCUT2D eigenvalue weighted by atomic mass is 10.1. The highest BCUT2D eigenvalue weighted by Gasteiger charge is 2.24. The Hall–Kier alpha value is -3.14. The van der Waals surface area contributed by atoms with Crippen LogP contribution in [-0.4, -0.2) is 36.5 Å². The zero-order valence-electron chi connectivity index (χ0n) is 14.6.